The van der Waals surface area contributed by atoms with Crippen LogP contribution in [-0.4, -0.2) is 11.5 Å². The van der Waals surface area contributed by atoms with Crippen LogP contribution in [0.15, 0.2) is 18.2 Å². The lowest BCUT2D eigenvalue weighted by Gasteiger charge is -2.03. The fourth-order valence-corrected chi connectivity index (χ4v) is 2.53. The van der Waals surface area contributed by atoms with Crippen molar-refractivity contribution in [1.29, 1.82) is 0 Å². The molecular formula is C11H13FN2S. The Labute approximate surface area is 91.9 Å². The van der Waals surface area contributed by atoms with Crippen LogP contribution in [0.2, 0.25) is 0 Å². The Hall–Kier alpha value is -1.00. The second-order valence-electron chi connectivity index (χ2n) is 3.76. The molecule has 0 aliphatic carbocycles. The molecule has 1 aromatic carbocycles. The third-order valence-corrected chi connectivity index (χ3v) is 3.38. The van der Waals surface area contributed by atoms with E-state index >= 15 is 0 Å². The number of fused-ring (bicyclic) bond motifs is 1. The van der Waals surface area contributed by atoms with Gasteiger partial charge in [-0.05, 0) is 24.6 Å². The first kappa shape index (κ1) is 10.5. The number of thiazole rings is 1. The Morgan fingerprint density at radius 3 is 3.07 bits per heavy atom. The van der Waals surface area contributed by atoms with Crippen molar-refractivity contribution in [3.05, 3.63) is 29.0 Å². The molecule has 0 saturated heterocycles. The molecule has 0 radical (unpaired) electrons. The molecule has 0 amide bonds. The van der Waals surface area contributed by atoms with Crippen molar-refractivity contribution in [2.24, 2.45) is 11.7 Å². The summed E-state index contributed by atoms with van der Waals surface area (Å²) in [6, 6.07) is 4.72. The molecule has 80 valence electrons. The van der Waals surface area contributed by atoms with E-state index in [0.717, 1.165) is 21.6 Å². The lowest BCUT2D eigenvalue weighted by atomic mass is 10.1. The zero-order valence-corrected chi connectivity index (χ0v) is 9.35. The average molecular weight is 224 g/mol. The fraction of sp³-hybridized carbons (Fsp3) is 0.364. The van der Waals surface area contributed by atoms with Gasteiger partial charge in [-0.1, -0.05) is 6.92 Å². The third kappa shape index (κ3) is 2.33. The smallest absolute Gasteiger partial charge is 0.125 e. The van der Waals surface area contributed by atoms with Crippen molar-refractivity contribution in [3.63, 3.8) is 0 Å². The van der Waals surface area contributed by atoms with Gasteiger partial charge in [-0.15, -0.1) is 11.3 Å². The highest BCUT2D eigenvalue weighted by atomic mass is 32.1. The maximum absolute atomic E-state index is 12.9. The molecule has 1 atom stereocenters. The minimum Gasteiger partial charge on any atom is -0.330 e. The minimum absolute atomic E-state index is 0.230. The van der Waals surface area contributed by atoms with Crippen LogP contribution >= 0.6 is 11.3 Å². The Balaban J connectivity index is 2.30. The summed E-state index contributed by atoms with van der Waals surface area (Å²) < 4.78 is 14.0. The number of nitrogens with zero attached hydrogens (tertiary/aromatic N) is 1. The maximum Gasteiger partial charge on any atom is 0.125 e. The van der Waals surface area contributed by atoms with Crippen LogP contribution in [0, 0.1) is 11.7 Å². The summed E-state index contributed by atoms with van der Waals surface area (Å²) >= 11 is 1.62. The Morgan fingerprint density at radius 2 is 2.33 bits per heavy atom. The summed E-state index contributed by atoms with van der Waals surface area (Å²) in [5, 5.41) is 1.04. The van der Waals surface area contributed by atoms with Gasteiger partial charge in [0, 0.05) is 12.5 Å². The van der Waals surface area contributed by atoms with Crippen molar-refractivity contribution in [3.8, 4) is 0 Å². The molecule has 2 aromatic rings. The van der Waals surface area contributed by atoms with Gasteiger partial charge >= 0.3 is 0 Å². The first-order valence-corrected chi connectivity index (χ1v) is 5.75. The molecular weight excluding hydrogens is 211 g/mol. The highest BCUT2D eigenvalue weighted by Gasteiger charge is 2.07. The number of benzene rings is 1. The second-order valence-corrected chi connectivity index (χ2v) is 4.88. The molecule has 1 heterocycles. The molecule has 0 bridgehead atoms. The minimum atomic E-state index is -0.230. The predicted octanol–water partition coefficient (Wildman–Crippen LogP) is 2.57. The lowest BCUT2D eigenvalue weighted by molar-refractivity contribution is 0.591. The van der Waals surface area contributed by atoms with E-state index in [4.69, 9.17) is 5.73 Å². The van der Waals surface area contributed by atoms with Crippen LogP contribution in [0.1, 0.15) is 11.9 Å². The van der Waals surface area contributed by atoms with E-state index in [1.54, 1.807) is 17.4 Å². The van der Waals surface area contributed by atoms with Crippen molar-refractivity contribution >= 4 is 21.6 Å². The van der Waals surface area contributed by atoms with Crippen LogP contribution < -0.4 is 5.73 Å². The molecule has 1 unspecified atom stereocenters. The highest BCUT2D eigenvalue weighted by molar-refractivity contribution is 7.18. The molecule has 4 heteroatoms. The summed E-state index contributed by atoms with van der Waals surface area (Å²) in [5.74, 6) is 0.196. The number of rotatable bonds is 3. The van der Waals surface area contributed by atoms with Gasteiger partial charge in [0.15, 0.2) is 0 Å². The van der Waals surface area contributed by atoms with Crippen molar-refractivity contribution < 1.29 is 4.39 Å². The van der Waals surface area contributed by atoms with Crippen LogP contribution in [0.3, 0.4) is 0 Å². The SMILES string of the molecule is CC(CN)Cc1nc2cc(F)ccc2s1. The third-order valence-electron chi connectivity index (χ3n) is 2.32. The van der Waals surface area contributed by atoms with Crippen molar-refractivity contribution in [2.75, 3.05) is 6.54 Å². The van der Waals surface area contributed by atoms with E-state index in [9.17, 15) is 4.39 Å². The highest BCUT2D eigenvalue weighted by Crippen LogP contribution is 2.24. The monoisotopic (exact) mass is 224 g/mol. The van der Waals surface area contributed by atoms with E-state index in [2.05, 4.69) is 11.9 Å². The van der Waals surface area contributed by atoms with Crippen LogP contribution in [0.5, 0.6) is 0 Å². The predicted molar refractivity (Wildman–Crippen MR) is 61.5 cm³/mol. The van der Waals surface area contributed by atoms with Crippen molar-refractivity contribution in [2.45, 2.75) is 13.3 Å². The number of aromatic nitrogens is 1. The topological polar surface area (TPSA) is 38.9 Å². The molecule has 2 rings (SSSR count). The molecule has 2 nitrogen and oxygen atoms in total. The van der Waals surface area contributed by atoms with Gasteiger partial charge in [0.25, 0.3) is 0 Å². The largest absolute Gasteiger partial charge is 0.330 e. The van der Waals surface area contributed by atoms with Crippen LogP contribution in [0.4, 0.5) is 4.39 Å². The number of hydrogen-bond donors (Lipinski definition) is 1. The zero-order valence-electron chi connectivity index (χ0n) is 8.53. The van der Waals surface area contributed by atoms with E-state index < -0.39 is 0 Å². The summed E-state index contributed by atoms with van der Waals surface area (Å²) in [6.45, 7) is 2.75. The summed E-state index contributed by atoms with van der Waals surface area (Å²) in [4.78, 5) is 4.38. The van der Waals surface area contributed by atoms with E-state index in [1.165, 1.54) is 12.1 Å². The van der Waals surface area contributed by atoms with Gasteiger partial charge in [-0.2, -0.15) is 0 Å². The van der Waals surface area contributed by atoms with Gasteiger partial charge in [0.05, 0.1) is 15.2 Å². The molecule has 0 fully saturated rings. The van der Waals surface area contributed by atoms with Gasteiger partial charge in [-0.3, -0.25) is 0 Å². The molecule has 0 spiro atoms. The zero-order chi connectivity index (χ0) is 10.8. The molecule has 2 N–H and O–H groups in total. The molecule has 0 aliphatic heterocycles. The Morgan fingerprint density at radius 1 is 1.53 bits per heavy atom. The summed E-state index contributed by atoms with van der Waals surface area (Å²) in [7, 11) is 0. The van der Waals surface area contributed by atoms with Gasteiger partial charge in [0.1, 0.15) is 5.82 Å². The van der Waals surface area contributed by atoms with Crippen LogP contribution in [0.25, 0.3) is 10.2 Å². The fourth-order valence-electron chi connectivity index (χ4n) is 1.42. The summed E-state index contributed by atoms with van der Waals surface area (Å²) in [6.07, 6.45) is 0.872. The van der Waals surface area contributed by atoms with Gasteiger partial charge in [-0.25, -0.2) is 9.37 Å². The number of nitrogens with two attached hydrogens (primary N) is 1. The number of halogens is 1. The maximum atomic E-state index is 12.9. The first-order valence-electron chi connectivity index (χ1n) is 4.94. The lowest BCUT2D eigenvalue weighted by Crippen LogP contribution is -2.12. The standard InChI is InChI=1S/C11H13FN2S/c1-7(6-13)4-11-14-9-5-8(12)2-3-10(9)15-11/h2-3,5,7H,4,6,13H2,1H3. The van der Waals surface area contributed by atoms with E-state index in [1.807, 2.05) is 0 Å². The van der Waals surface area contributed by atoms with Crippen LogP contribution in [-0.2, 0) is 6.42 Å². The Bertz CT molecular complexity index is 467. The first-order chi connectivity index (χ1) is 7.19. The van der Waals surface area contributed by atoms with E-state index in [-0.39, 0.29) is 5.82 Å². The van der Waals surface area contributed by atoms with Gasteiger partial charge in [0.2, 0.25) is 0 Å². The molecule has 0 saturated carbocycles. The normalized spacial score (nSPS) is 13.3. The molecule has 0 aliphatic rings. The quantitative estimate of drug-likeness (QED) is 0.870. The van der Waals surface area contributed by atoms with Gasteiger partial charge < -0.3 is 5.73 Å². The molecule has 1 aromatic heterocycles. The Kier molecular flexibility index (Phi) is 2.98. The van der Waals surface area contributed by atoms with Crippen molar-refractivity contribution in [1.82, 2.24) is 4.98 Å². The van der Waals surface area contributed by atoms with E-state index in [0.29, 0.717) is 12.5 Å². The molecule has 15 heavy (non-hydrogen) atoms. The average Bonchev–Trinajstić information content (AvgIpc) is 2.59. The summed E-state index contributed by atoms with van der Waals surface area (Å²) in [5.41, 5.74) is 6.30. The second kappa shape index (κ2) is 4.24. The number of hydrogen-bond acceptors (Lipinski definition) is 3.